The summed E-state index contributed by atoms with van der Waals surface area (Å²) >= 11 is 5.82. The third-order valence-corrected chi connectivity index (χ3v) is 3.03. The van der Waals surface area contributed by atoms with Crippen molar-refractivity contribution in [2.75, 3.05) is 0 Å². The van der Waals surface area contributed by atoms with Crippen molar-refractivity contribution in [3.8, 4) is 11.5 Å². The number of para-hydroxylation sites is 2. The third kappa shape index (κ3) is 3.11. The molecule has 0 atom stereocenters. The van der Waals surface area contributed by atoms with E-state index < -0.39 is 16.4 Å². The van der Waals surface area contributed by atoms with Gasteiger partial charge in [-0.15, -0.1) is 0 Å². The Labute approximate surface area is 125 Å². The Morgan fingerprint density at radius 1 is 1.29 bits per heavy atom. The molecule has 6 nitrogen and oxygen atoms in total. The van der Waals surface area contributed by atoms with E-state index in [1.807, 2.05) is 0 Å². The number of phenolic OH excluding ortho intramolecular Hbond substituents is 2. The average molecular weight is 307 g/mol. The van der Waals surface area contributed by atoms with Gasteiger partial charge in [0.2, 0.25) is 5.75 Å². The molecule has 0 saturated carbocycles. The van der Waals surface area contributed by atoms with E-state index in [0.717, 1.165) is 6.07 Å². The highest BCUT2D eigenvalue weighted by Gasteiger charge is 2.20. The lowest BCUT2D eigenvalue weighted by Gasteiger charge is -2.06. The maximum absolute atomic E-state index is 10.9. The van der Waals surface area contributed by atoms with Crippen LogP contribution in [0.15, 0.2) is 41.4 Å². The first-order chi connectivity index (χ1) is 9.90. The molecule has 0 aliphatic carbocycles. The lowest BCUT2D eigenvalue weighted by Crippen LogP contribution is -1.98. The van der Waals surface area contributed by atoms with Gasteiger partial charge in [-0.1, -0.05) is 23.7 Å². The fourth-order valence-corrected chi connectivity index (χ4v) is 2.01. The molecule has 0 saturated heterocycles. The van der Waals surface area contributed by atoms with Gasteiger partial charge in [-0.05, 0) is 25.1 Å². The molecule has 0 aliphatic heterocycles. The quantitative estimate of drug-likeness (QED) is 0.512. The number of rotatable bonds is 3. The number of hydrogen-bond donors (Lipinski definition) is 2. The van der Waals surface area contributed by atoms with E-state index in [0.29, 0.717) is 5.71 Å². The molecule has 0 spiro atoms. The smallest absolute Gasteiger partial charge is 0.312 e. The van der Waals surface area contributed by atoms with Gasteiger partial charge in [0.15, 0.2) is 0 Å². The topological polar surface area (TPSA) is 96.0 Å². The maximum atomic E-state index is 10.9. The molecule has 0 bridgehead atoms. The Hall–Kier alpha value is -2.60. The Balaban J connectivity index is 2.56. The minimum absolute atomic E-state index is 0.0344. The van der Waals surface area contributed by atoms with Gasteiger partial charge in [0.05, 0.1) is 4.92 Å². The molecule has 0 aliphatic rings. The van der Waals surface area contributed by atoms with E-state index in [9.17, 15) is 20.3 Å². The standard InChI is InChI=1S/C14H11ClN2O4/c1-8(16-11-4-2-3-5-13(11)18)10-6-9(15)7-12(14(10)19)17(20)21/h2-7,18-19H,1H3. The largest absolute Gasteiger partial charge is 0.506 e. The molecule has 0 heterocycles. The van der Waals surface area contributed by atoms with Gasteiger partial charge in [-0.3, -0.25) is 10.1 Å². The summed E-state index contributed by atoms with van der Waals surface area (Å²) in [5.74, 6) is -0.547. The van der Waals surface area contributed by atoms with Crippen LogP contribution in [-0.4, -0.2) is 20.8 Å². The van der Waals surface area contributed by atoms with Gasteiger partial charge in [-0.25, -0.2) is 4.99 Å². The van der Waals surface area contributed by atoms with Crippen molar-refractivity contribution in [3.63, 3.8) is 0 Å². The van der Waals surface area contributed by atoms with Crippen molar-refractivity contribution in [1.82, 2.24) is 0 Å². The molecule has 0 unspecified atom stereocenters. The minimum atomic E-state index is -0.724. The van der Waals surface area contributed by atoms with E-state index in [1.54, 1.807) is 25.1 Å². The van der Waals surface area contributed by atoms with Crippen LogP contribution < -0.4 is 0 Å². The summed E-state index contributed by atoms with van der Waals surface area (Å²) in [5, 5.41) is 30.6. The molecular formula is C14H11ClN2O4. The van der Waals surface area contributed by atoms with Crippen LogP contribution in [0.1, 0.15) is 12.5 Å². The number of nitro benzene ring substituents is 1. The highest BCUT2D eigenvalue weighted by molar-refractivity contribution is 6.31. The SMILES string of the molecule is CC(=Nc1ccccc1O)c1cc(Cl)cc([N+](=O)[O-])c1O. The zero-order valence-corrected chi connectivity index (χ0v) is 11.7. The minimum Gasteiger partial charge on any atom is -0.506 e. The van der Waals surface area contributed by atoms with Crippen molar-refractivity contribution >= 4 is 28.7 Å². The normalized spacial score (nSPS) is 11.4. The van der Waals surface area contributed by atoms with Crippen LogP contribution in [0, 0.1) is 10.1 Å². The number of benzene rings is 2. The van der Waals surface area contributed by atoms with Gasteiger partial charge in [0, 0.05) is 22.4 Å². The second kappa shape index (κ2) is 5.80. The number of aliphatic imine (C=N–C) groups is 1. The first-order valence-corrected chi connectivity index (χ1v) is 6.28. The number of phenols is 2. The highest BCUT2D eigenvalue weighted by atomic mass is 35.5. The summed E-state index contributed by atoms with van der Waals surface area (Å²) < 4.78 is 0. The summed E-state index contributed by atoms with van der Waals surface area (Å²) in [6.07, 6.45) is 0. The van der Waals surface area contributed by atoms with Crippen LogP contribution in [0.2, 0.25) is 5.02 Å². The molecule has 2 aromatic carbocycles. The number of aromatic hydroxyl groups is 2. The second-order valence-electron chi connectivity index (χ2n) is 4.26. The molecule has 7 heteroatoms. The fraction of sp³-hybridized carbons (Fsp3) is 0.0714. The molecule has 21 heavy (non-hydrogen) atoms. The van der Waals surface area contributed by atoms with E-state index in [4.69, 9.17) is 11.6 Å². The first kappa shape index (κ1) is 14.8. The summed E-state index contributed by atoms with van der Waals surface area (Å²) in [6, 6.07) is 8.81. The van der Waals surface area contributed by atoms with Crippen molar-refractivity contribution in [2.45, 2.75) is 6.92 Å². The van der Waals surface area contributed by atoms with Crippen LogP contribution in [0.5, 0.6) is 11.5 Å². The number of nitro groups is 1. The van der Waals surface area contributed by atoms with Crippen LogP contribution in [0.4, 0.5) is 11.4 Å². The van der Waals surface area contributed by atoms with Crippen molar-refractivity contribution in [3.05, 3.63) is 57.1 Å². The number of halogens is 1. The Morgan fingerprint density at radius 3 is 2.57 bits per heavy atom. The van der Waals surface area contributed by atoms with E-state index in [-0.39, 0.29) is 22.0 Å². The molecule has 108 valence electrons. The molecular weight excluding hydrogens is 296 g/mol. The predicted molar refractivity (Wildman–Crippen MR) is 79.7 cm³/mol. The Morgan fingerprint density at radius 2 is 1.95 bits per heavy atom. The van der Waals surface area contributed by atoms with Crippen molar-refractivity contribution in [1.29, 1.82) is 0 Å². The van der Waals surface area contributed by atoms with Crippen LogP contribution >= 0.6 is 11.6 Å². The molecule has 2 rings (SSSR count). The molecule has 2 aromatic rings. The Kier molecular flexibility index (Phi) is 4.09. The Bertz CT molecular complexity index is 744. The molecule has 0 radical (unpaired) electrons. The number of hydrogen-bond acceptors (Lipinski definition) is 5. The fourth-order valence-electron chi connectivity index (χ4n) is 1.80. The summed E-state index contributed by atoms with van der Waals surface area (Å²) in [5.41, 5.74) is 0.221. The van der Waals surface area contributed by atoms with Gasteiger partial charge >= 0.3 is 5.69 Å². The van der Waals surface area contributed by atoms with E-state index in [2.05, 4.69) is 4.99 Å². The summed E-state index contributed by atoms with van der Waals surface area (Å²) in [4.78, 5) is 14.3. The summed E-state index contributed by atoms with van der Waals surface area (Å²) in [6.45, 7) is 1.56. The second-order valence-corrected chi connectivity index (χ2v) is 4.70. The van der Waals surface area contributed by atoms with Crippen molar-refractivity contribution in [2.24, 2.45) is 4.99 Å². The van der Waals surface area contributed by atoms with E-state index >= 15 is 0 Å². The van der Waals surface area contributed by atoms with Gasteiger partial charge < -0.3 is 10.2 Å². The van der Waals surface area contributed by atoms with Crippen LogP contribution in [0.25, 0.3) is 0 Å². The zero-order valence-electron chi connectivity index (χ0n) is 10.9. The molecule has 0 amide bonds. The number of nitrogens with zero attached hydrogens (tertiary/aromatic N) is 2. The lowest BCUT2D eigenvalue weighted by molar-refractivity contribution is -0.385. The molecule has 0 aromatic heterocycles. The predicted octanol–water partition coefficient (Wildman–Crippen LogP) is 3.80. The monoisotopic (exact) mass is 306 g/mol. The summed E-state index contributed by atoms with van der Waals surface area (Å²) in [7, 11) is 0. The van der Waals surface area contributed by atoms with Crippen LogP contribution in [0.3, 0.4) is 0 Å². The zero-order chi connectivity index (χ0) is 15.6. The van der Waals surface area contributed by atoms with Gasteiger partial charge in [0.25, 0.3) is 0 Å². The van der Waals surface area contributed by atoms with Crippen molar-refractivity contribution < 1.29 is 15.1 Å². The maximum Gasteiger partial charge on any atom is 0.312 e. The molecule has 0 fully saturated rings. The average Bonchev–Trinajstić information content (AvgIpc) is 2.43. The highest BCUT2D eigenvalue weighted by Crippen LogP contribution is 2.35. The molecule has 2 N–H and O–H groups in total. The third-order valence-electron chi connectivity index (χ3n) is 2.81. The van der Waals surface area contributed by atoms with Gasteiger partial charge in [0.1, 0.15) is 11.4 Å². The lowest BCUT2D eigenvalue weighted by atomic mass is 10.1. The van der Waals surface area contributed by atoms with Crippen LogP contribution in [-0.2, 0) is 0 Å². The first-order valence-electron chi connectivity index (χ1n) is 5.90. The van der Waals surface area contributed by atoms with E-state index in [1.165, 1.54) is 12.1 Å². The van der Waals surface area contributed by atoms with Gasteiger partial charge in [-0.2, -0.15) is 0 Å².